The standard InChI is InChI=1S/C16H22N2O/c1-16(2,3)15-8-9-19-14(11-18-15)13-6-4-12(10-17)5-7-13/h4-7,14-15,18H,8-9,11H2,1-3H3. The summed E-state index contributed by atoms with van der Waals surface area (Å²) in [7, 11) is 0. The maximum absolute atomic E-state index is 8.81. The van der Waals surface area contributed by atoms with Gasteiger partial charge in [0.05, 0.1) is 17.7 Å². The van der Waals surface area contributed by atoms with Gasteiger partial charge >= 0.3 is 0 Å². The van der Waals surface area contributed by atoms with Crippen molar-refractivity contribution in [1.82, 2.24) is 5.32 Å². The van der Waals surface area contributed by atoms with Crippen LogP contribution in [0.25, 0.3) is 0 Å². The largest absolute Gasteiger partial charge is 0.372 e. The quantitative estimate of drug-likeness (QED) is 0.842. The van der Waals surface area contributed by atoms with Gasteiger partial charge in [-0.1, -0.05) is 32.9 Å². The van der Waals surface area contributed by atoms with Gasteiger partial charge in [0.2, 0.25) is 0 Å². The van der Waals surface area contributed by atoms with Crippen molar-refractivity contribution in [1.29, 1.82) is 5.26 Å². The maximum atomic E-state index is 8.81. The van der Waals surface area contributed by atoms with Crippen LogP contribution in [0, 0.1) is 16.7 Å². The first-order valence-electron chi connectivity index (χ1n) is 6.86. The van der Waals surface area contributed by atoms with Crippen molar-refractivity contribution in [2.24, 2.45) is 5.41 Å². The van der Waals surface area contributed by atoms with Crippen LogP contribution in [0.1, 0.15) is 44.4 Å². The van der Waals surface area contributed by atoms with Crippen molar-refractivity contribution in [3.8, 4) is 6.07 Å². The second-order valence-electron chi connectivity index (χ2n) is 6.21. The fourth-order valence-corrected chi connectivity index (χ4v) is 2.46. The molecule has 1 saturated heterocycles. The lowest BCUT2D eigenvalue weighted by Gasteiger charge is -2.30. The summed E-state index contributed by atoms with van der Waals surface area (Å²) in [6, 6.07) is 10.3. The molecule has 1 N–H and O–H groups in total. The van der Waals surface area contributed by atoms with Gasteiger partial charge in [-0.25, -0.2) is 0 Å². The molecule has 1 aliphatic heterocycles. The molecule has 2 unspecified atom stereocenters. The maximum Gasteiger partial charge on any atom is 0.0991 e. The van der Waals surface area contributed by atoms with Crippen molar-refractivity contribution in [3.05, 3.63) is 35.4 Å². The minimum absolute atomic E-state index is 0.0834. The summed E-state index contributed by atoms with van der Waals surface area (Å²) in [5.41, 5.74) is 2.09. The SMILES string of the molecule is CC(C)(C)C1CCOC(c2ccc(C#N)cc2)CN1. The summed E-state index contributed by atoms with van der Waals surface area (Å²) >= 11 is 0. The topological polar surface area (TPSA) is 45.0 Å². The van der Waals surface area contributed by atoms with E-state index < -0.39 is 0 Å². The molecule has 0 spiro atoms. The molecule has 3 heteroatoms. The number of nitrogens with zero attached hydrogens (tertiary/aromatic N) is 1. The first-order chi connectivity index (χ1) is 9.00. The van der Waals surface area contributed by atoms with Crippen LogP contribution in [-0.2, 0) is 4.74 Å². The molecule has 1 fully saturated rings. The van der Waals surface area contributed by atoms with Gasteiger partial charge in [0.25, 0.3) is 0 Å². The Balaban J connectivity index is 2.04. The van der Waals surface area contributed by atoms with Crippen molar-refractivity contribution in [2.45, 2.75) is 39.3 Å². The highest BCUT2D eigenvalue weighted by atomic mass is 16.5. The Morgan fingerprint density at radius 2 is 1.95 bits per heavy atom. The molecule has 0 amide bonds. The average molecular weight is 258 g/mol. The second-order valence-corrected chi connectivity index (χ2v) is 6.21. The van der Waals surface area contributed by atoms with Crippen LogP contribution in [-0.4, -0.2) is 19.2 Å². The highest BCUT2D eigenvalue weighted by Gasteiger charge is 2.28. The number of ether oxygens (including phenoxy) is 1. The van der Waals surface area contributed by atoms with E-state index in [9.17, 15) is 0 Å². The summed E-state index contributed by atoms with van der Waals surface area (Å²) in [4.78, 5) is 0. The zero-order chi connectivity index (χ0) is 13.9. The van der Waals surface area contributed by atoms with E-state index in [2.05, 4.69) is 32.2 Å². The van der Waals surface area contributed by atoms with Crippen LogP contribution in [0.5, 0.6) is 0 Å². The summed E-state index contributed by atoms with van der Waals surface area (Å²) in [6.07, 6.45) is 1.12. The Labute approximate surface area is 115 Å². The Hall–Kier alpha value is -1.37. The second kappa shape index (κ2) is 5.73. The molecule has 2 atom stereocenters. The van der Waals surface area contributed by atoms with Crippen molar-refractivity contribution in [2.75, 3.05) is 13.2 Å². The van der Waals surface area contributed by atoms with Crippen LogP contribution in [0.2, 0.25) is 0 Å². The van der Waals surface area contributed by atoms with Crippen molar-refractivity contribution in [3.63, 3.8) is 0 Å². The van der Waals surface area contributed by atoms with Gasteiger partial charge in [-0.3, -0.25) is 0 Å². The van der Waals surface area contributed by atoms with Gasteiger partial charge in [0.15, 0.2) is 0 Å². The summed E-state index contributed by atoms with van der Waals surface area (Å²) in [6.45, 7) is 8.37. The summed E-state index contributed by atoms with van der Waals surface area (Å²) < 4.78 is 5.94. The average Bonchev–Trinajstić information content (AvgIpc) is 2.64. The number of hydrogen-bond donors (Lipinski definition) is 1. The minimum Gasteiger partial charge on any atom is -0.372 e. The summed E-state index contributed by atoms with van der Waals surface area (Å²) in [5, 5.41) is 12.4. The molecule has 3 nitrogen and oxygen atoms in total. The number of nitriles is 1. The smallest absolute Gasteiger partial charge is 0.0991 e. The lowest BCUT2D eigenvalue weighted by atomic mass is 9.85. The zero-order valence-electron chi connectivity index (χ0n) is 11.9. The molecular formula is C16H22N2O. The Morgan fingerprint density at radius 1 is 1.26 bits per heavy atom. The normalized spacial score (nSPS) is 24.5. The third-order valence-corrected chi connectivity index (χ3v) is 3.73. The lowest BCUT2D eigenvalue weighted by Crippen LogP contribution is -2.40. The van der Waals surface area contributed by atoms with Crippen LogP contribution >= 0.6 is 0 Å². The van der Waals surface area contributed by atoms with Gasteiger partial charge in [-0.2, -0.15) is 5.26 Å². The van der Waals surface area contributed by atoms with E-state index in [0.717, 1.165) is 25.1 Å². The van der Waals surface area contributed by atoms with E-state index in [1.165, 1.54) is 0 Å². The summed E-state index contributed by atoms with van der Waals surface area (Å²) in [5.74, 6) is 0. The number of rotatable bonds is 1. The van der Waals surface area contributed by atoms with Crippen LogP contribution in [0.4, 0.5) is 0 Å². The predicted molar refractivity (Wildman–Crippen MR) is 75.7 cm³/mol. The Morgan fingerprint density at radius 3 is 2.53 bits per heavy atom. The van der Waals surface area contributed by atoms with E-state index in [4.69, 9.17) is 10.00 Å². The molecular weight excluding hydrogens is 236 g/mol. The third kappa shape index (κ3) is 3.56. The number of hydrogen-bond acceptors (Lipinski definition) is 3. The van der Waals surface area contributed by atoms with Crippen LogP contribution in [0.15, 0.2) is 24.3 Å². The molecule has 19 heavy (non-hydrogen) atoms. The first-order valence-corrected chi connectivity index (χ1v) is 6.86. The van der Waals surface area contributed by atoms with Crippen molar-refractivity contribution < 1.29 is 4.74 Å². The highest BCUT2D eigenvalue weighted by Crippen LogP contribution is 2.27. The molecule has 1 aliphatic rings. The zero-order valence-corrected chi connectivity index (χ0v) is 11.9. The van der Waals surface area contributed by atoms with E-state index in [0.29, 0.717) is 11.6 Å². The molecule has 0 aromatic heterocycles. The highest BCUT2D eigenvalue weighted by molar-refractivity contribution is 5.32. The first kappa shape index (κ1) is 14.0. The van der Waals surface area contributed by atoms with Gasteiger partial charge in [0.1, 0.15) is 0 Å². The van der Waals surface area contributed by atoms with E-state index >= 15 is 0 Å². The molecule has 1 aromatic carbocycles. The van der Waals surface area contributed by atoms with Gasteiger partial charge in [-0.05, 0) is 29.5 Å². The monoisotopic (exact) mass is 258 g/mol. The van der Waals surface area contributed by atoms with Gasteiger partial charge in [-0.15, -0.1) is 0 Å². The third-order valence-electron chi connectivity index (χ3n) is 3.73. The molecule has 0 bridgehead atoms. The predicted octanol–water partition coefficient (Wildman–Crippen LogP) is 3.02. The van der Waals surface area contributed by atoms with E-state index in [-0.39, 0.29) is 11.5 Å². The molecule has 2 rings (SSSR count). The van der Waals surface area contributed by atoms with E-state index in [1.54, 1.807) is 0 Å². The molecule has 1 heterocycles. The molecule has 0 aliphatic carbocycles. The van der Waals surface area contributed by atoms with Gasteiger partial charge in [0, 0.05) is 19.2 Å². The van der Waals surface area contributed by atoms with Crippen molar-refractivity contribution >= 4 is 0 Å². The fraction of sp³-hybridized carbons (Fsp3) is 0.562. The Kier molecular flexibility index (Phi) is 4.24. The van der Waals surface area contributed by atoms with Gasteiger partial charge < -0.3 is 10.1 Å². The number of benzene rings is 1. The molecule has 0 radical (unpaired) electrons. The van der Waals surface area contributed by atoms with Crippen LogP contribution < -0.4 is 5.32 Å². The lowest BCUT2D eigenvalue weighted by molar-refractivity contribution is 0.0654. The fourth-order valence-electron chi connectivity index (χ4n) is 2.46. The minimum atomic E-state index is 0.0834. The Bertz CT molecular complexity index is 453. The van der Waals surface area contributed by atoms with E-state index in [1.807, 2.05) is 24.3 Å². The molecule has 0 saturated carbocycles. The number of nitrogens with one attached hydrogen (secondary N) is 1. The molecule has 102 valence electrons. The van der Waals surface area contributed by atoms with Crippen LogP contribution in [0.3, 0.4) is 0 Å². The molecule has 1 aromatic rings.